The number of amides is 2. The molecule has 0 heterocycles. The largest absolute Gasteiger partial charge is 0.328 e. The molecule has 0 rings (SSSR count). The summed E-state index contributed by atoms with van der Waals surface area (Å²) in [6.45, 7) is 8.98. The van der Waals surface area contributed by atoms with E-state index in [0.717, 1.165) is 30.2 Å². The number of hydrogen-bond donors (Lipinski definition) is 1. The molecule has 0 spiro atoms. The Morgan fingerprint density at radius 3 is 2.56 bits per heavy atom. The molecule has 106 valence electrons. The Morgan fingerprint density at radius 1 is 1.39 bits per heavy atom. The lowest BCUT2D eigenvalue weighted by molar-refractivity contribution is 0.216. The van der Waals surface area contributed by atoms with E-state index in [1.807, 2.05) is 6.92 Å². The van der Waals surface area contributed by atoms with Gasteiger partial charge in [0.25, 0.3) is 0 Å². The summed E-state index contributed by atoms with van der Waals surface area (Å²) in [5.41, 5.74) is 0. The van der Waals surface area contributed by atoms with Crippen molar-refractivity contribution in [3.05, 3.63) is 0 Å². The van der Waals surface area contributed by atoms with Gasteiger partial charge >= 0.3 is 6.03 Å². The predicted molar refractivity (Wildman–Crippen MR) is 81.4 cm³/mol. The van der Waals surface area contributed by atoms with E-state index in [4.69, 9.17) is 0 Å². The molecule has 1 atom stereocenters. The summed E-state index contributed by atoms with van der Waals surface area (Å²) in [6.07, 6.45) is 3.29. The number of amidine groups is 1. The second-order valence-electron chi connectivity index (χ2n) is 4.34. The average Bonchev–Trinajstić information content (AvgIpc) is 2.37. The first-order valence-corrected chi connectivity index (χ1v) is 7.76. The second kappa shape index (κ2) is 10.2. The number of urea groups is 1. The highest BCUT2D eigenvalue weighted by atomic mass is 32.2. The quantitative estimate of drug-likeness (QED) is 0.458. The summed E-state index contributed by atoms with van der Waals surface area (Å²) in [5, 5.41) is 3.64. The van der Waals surface area contributed by atoms with E-state index >= 15 is 0 Å². The first kappa shape index (κ1) is 17.3. The number of nitrogens with one attached hydrogen (secondary N) is 1. The third kappa shape index (κ3) is 7.58. The molecular formula is C13H27N3OS. The molecule has 0 bridgehead atoms. The van der Waals surface area contributed by atoms with Crippen molar-refractivity contribution in [3.8, 4) is 0 Å². The fourth-order valence-electron chi connectivity index (χ4n) is 1.04. The number of carbonyl (C=O) groups excluding carboxylic acids is 1. The molecule has 1 unspecified atom stereocenters. The number of unbranched alkanes of at least 4 members (excludes halogenated alkanes) is 1. The number of aliphatic imine (C=N–C) groups is 1. The summed E-state index contributed by atoms with van der Waals surface area (Å²) in [4.78, 5) is 18.0. The third-order valence-corrected chi connectivity index (χ3v) is 3.67. The zero-order valence-corrected chi connectivity index (χ0v) is 13.1. The Morgan fingerprint density at radius 2 is 2.06 bits per heavy atom. The molecule has 0 aromatic heterocycles. The van der Waals surface area contributed by atoms with E-state index in [1.54, 1.807) is 23.7 Å². The standard InChI is InChI=1S/C13H27N3OS/c1-6-9-10-18-12(14-11(4)7-2)15-13(17)16(5)8-3/h11H,6-10H2,1-5H3,(H,14,15,17). The number of thioether (sulfide) groups is 1. The van der Waals surface area contributed by atoms with E-state index in [1.165, 1.54) is 0 Å². The fourth-order valence-corrected chi connectivity index (χ4v) is 2.08. The summed E-state index contributed by atoms with van der Waals surface area (Å²) in [6, 6.07) is 0.171. The Kier molecular flexibility index (Phi) is 9.83. The van der Waals surface area contributed by atoms with Gasteiger partial charge in [-0.05, 0) is 26.7 Å². The maximum absolute atomic E-state index is 11.8. The van der Waals surface area contributed by atoms with Crippen LogP contribution in [0.1, 0.15) is 47.0 Å². The van der Waals surface area contributed by atoms with Gasteiger partial charge in [-0.15, -0.1) is 0 Å². The predicted octanol–water partition coefficient (Wildman–Crippen LogP) is 3.34. The molecule has 0 saturated heterocycles. The number of rotatable bonds is 6. The van der Waals surface area contributed by atoms with Crippen LogP contribution in [0.2, 0.25) is 0 Å². The zero-order chi connectivity index (χ0) is 14.0. The summed E-state index contributed by atoms with van der Waals surface area (Å²) in [5.74, 6) is 1.00. The molecule has 0 aliphatic carbocycles. The van der Waals surface area contributed by atoms with Crippen molar-refractivity contribution in [3.63, 3.8) is 0 Å². The molecular weight excluding hydrogens is 246 g/mol. The molecule has 0 radical (unpaired) electrons. The van der Waals surface area contributed by atoms with Crippen LogP contribution >= 0.6 is 11.8 Å². The van der Waals surface area contributed by atoms with Gasteiger partial charge in [0.2, 0.25) is 0 Å². The maximum Gasteiger partial charge on any atom is 0.323 e. The van der Waals surface area contributed by atoms with Crippen LogP contribution in [0.25, 0.3) is 0 Å². The van der Waals surface area contributed by atoms with Gasteiger partial charge < -0.3 is 4.90 Å². The van der Waals surface area contributed by atoms with Crippen LogP contribution in [0.5, 0.6) is 0 Å². The summed E-state index contributed by atoms with van der Waals surface area (Å²) >= 11 is 1.64. The first-order chi connectivity index (χ1) is 8.54. The molecule has 0 aromatic rings. The number of carbonyl (C=O) groups is 1. The van der Waals surface area contributed by atoms with Gasteiger partial charge in [0.05, 0.1) is 0 Å². The first-order valence-electron chi connectivity index (χ1n) is 6.77. The van der Waals surface area contributed by atoms with Crippen LogP contribution in [-0.2, 0) is 0 Å². The SMILES string of the molecule is CCCCSC(=NC(C)CC)NC(=O)N(C)CC. The van der Waals surface area contributed by atoms with Crippen LogP contribution in [0.3, 0.4) is 0 Å². The highest BCUT2D eigenvalue weighted by Gasteiger charge is 2.10. The van der Waals surface area contributed by atoms with E-state index in [0.29, 0.717) is 6.54 Å². The molecule has 5 heteroatoms. The lowest BCUT2D eigenvalue weighted by Gasteiger charge is -2.17. The van der Waals surface area contributed by atoms with E-state index in [9.17, 15) is 4.79 Å². The second-order valence-corrected chi connectivity index (χ2v) is 5.42. The highest BCUT2D eigenvalue weighted by Crippen LogP contribution is 2.09. The van der Waals surface area contributed by atoms with Crippen molar-refractivity contribution < 1.29 is 4.79 Å². The van der Waals surface area contributed by atoms with Gasteiger partial charge in [0.15, 0.2) is 5.17 Å². The van der Waals surface area contributed by atoms with Crippen molar-refractivity contribution in [2.75, 3.05) is 19.3 Å². The molecule has 0 saturated carbocycles. The van der Waals surface area contributed by atoms with Gasteiger partial charge in [-0.25, -0.2) is 4.79 Å². The molecule has 0 aromatic carbocycles. The third-order valence-electron chi connectivity index (χ3n) is 2.70. The Bertz CT molecular complexity index is 269. The zero-order valence-electron chi connectivity index (χ0n) is 12.3. The molecule has 1 N–H and O–H groups in total. The van der Waals surface area contributed by atoms with Crippen molar-refractivity contribution in [1.29, 1.82) is 0 Å². The van der Waals surface area contributed by atoms with Gasteiger partial charge in [-0.2, -0.15) is 0 Å². The van der Waals surface area contributed by atoms with E-state index in [-0.39, 0.29) is 12.1 Å². The topological polar surface area (TPSA) is 44.7 Å². The number of hydrogen-bond acceptors (Lipinski definition) is 3. The minimum Gasteiger partial charge on any atom is -0.328 e. The van der Waals surface area contributed by atoms with Crippen molar-refractivity contribution in [1.82, 2.24) is 10.2 Å². The van der Waals surface area contributed by atoms with Gasteiger partial charge in [0, 0.05) is 25.4 Å². The molecule has 0 fully saturated rings. The smallest absolute Gasteiger partial charge is 0.323 e. The lowest BCUT2D eigenvalue weighted by Crippen LogP contribution is -2.40. The highest BCUT2D eigenvalue weighted by molar-refractivity contribution is 8.13. The Balaban J connectivity index is 4.46. The minimum atomic E-state index is -0.0800. The van der Waals surface area contributed by atoms with Gasteiger partial charge in [0.1, 0.15) is 0 Å². The Hall–Kier alpha value is -0.710. The van der Waals surface area contributed by atoms with Gasteiger partial charge in [-0.1, -0.05) is 32.0 Å². The molecule has 0 aliphatic rings. The molecule has 2 amide bonds. The van der Waals surface area contributed by atoms with Gasteiger partial charge in [-0.3, -0.25) is 10.3 Å². The summed E-state index contributed by atoms with van der Waals surface area (Å²) in [7, 11) is 1.78. The monoisotopic (exact) mass is 273 g/mol. The van der Waals surface area contributed by atoms with Crippen molar-refractivity contribution in [2.24, 2.45) is 4.99 Å². The van der Waals surface area contributed by atoms with Crippen LogP contribution in [0.15, 0.2) is 4.99 Å². The molecule has 18 heavy (non-hydrogen) atoms. The van der Waals surface area contributed by atoms with Crippen molar-refractivity contribution in [2.45, 2.75) is 53.0 Å². The fraction of sp³-hybridized carbons (Fsp3) is 0.846. The van der Waals surface area contributed by atoms with E-state index < -0.39 is 0 Å². The lowest BCUT2D eigenvalue weighted by atomic mass is 10.3. The van der Waals surface area contributed by atoms with Crippen LogP contribution < -0.4 is 5.32 Å². The van der Waals surface area contributed by atoms with Crippen LogP contribution in [-0.4, -0.2) is 41.5 Å². The number of nitrogens with zero attached hydrogens (tertiary/aromatic N) is 2. The van der Waals surface area contributed by atoms with Crippen LogP contribution in [0.4, 0.5) is 4.79 Å². The van der Waals surface area contributed by atoms with E-state index in [2.05, 4.69) is 31.1 Å². The molecule has 0 aliphatic heterocycles. The maximum atomic E-state index is 11.8. The summed E-state index contributed by atoms with van der Waals surface area (Å²) < 4.78 is 0. The molecule has 4 nitrogen and oxygen atoms in total. The normalized spacial score (nSPS) is 13.3. The van der Waals surface area contributed by atoms with Crippen molar-refractivity contribution >= 4 is 23.0 Å². The average molecular weight is 273 g/mol. The van der Waals surface area contributed by atoms with Crippen LogP contribution in [0, 0.1) is 0 Å². The minimum absolute atomic E-state index is 0.0800. The Labute approximate surface area is 116 Å².